The van der Waals surface area contributed by atoms with E-state index in [0.29, 0.717) is 12.2 Å². The maximum Gasteiger partial charge on any atom is 0.269 e. The van der Waals surface area contributed by atoms with Crippen molar-refractivity contribution in [3.8, 4) is 0 Å². The molecule has 1 amide bonds. The average molecular weight is 286 g/mol. The maximum absolute atomic E-state index is 11.9. The molecule has 0 radical (unpaired) electrons. The van der Waals surface area contributed by atoms with Crippen molar-refractivity contribution in [3.63, 3.8) is 0 Å². The predicted molar refractivity (Wildman–Crippen MR) is 83.2 cm³/mol. The molecule has 0 aliphatic rings. The molecule has 2 aromatic rings. The molecule has 1 heterocycles. The third-order valence-electron chi connectivity index (χ3n) is 2.80. The zero-order valence-corrected chi connectivity index (χ0v) is 12.5. The Morgan fingerprint density at radius 2 is 1.90 bits per heavy atom. The van der Waals surface area contributed by atoms with Gasteiger partial charge in [0.05, 0.1) is 0 Å². The number of hydrogen-bond acceptors (Lipinski definition) is 3. The predicted octanol–water partition coefficient (Wildman–Crippen LogP) is 3.22. The van der Waals surface area contributed by atoms with E-state index in [-0.39, 0.29) is 5.91 Å². The SMILES string of the molecule is Cc1ccc(SCCNC(=O)c2cccc(C)n2)cc1. The molecule has 0 fully saturated rings. The van der Waals surface area contributed by atoms with Gasteiger partial charge in [-0.1, -0.05) is 23.8 Å². The van der Waals surface area contributed by atoms with Crippen LogP contribution in [0.3, 0.4) is 0 Å². The molecule has 1 N–H and O–H groups in total. The fourth-order valence-electron chi connectivity index (χ4n) is 1.73. The molecule has 1 aromatic carbocycles. The number of aromatic nitrogens is 1. The highest BCUT2D eigenvalue weighted by atomic mass is 32.2. The summed E-state index contributed by atoms with van der Waals surface area (Å²) in [6.45, 7) is 4.58. The highest BCUT2D eigenvalue weighted by Gasteiger charge is 2.05. The van der Waals surface area contributed by atoms with Crippen molar-refractivity contribution < 1.29 is 4.79 Å². The molecule has 20 heavy (non-hydrogen) atoms. The molecule has 4 heteroatoms. The normalized spacial score (nSPS) is 10.3. The summed E-state index contributed by atoms with van der Waals surface area (Å²) >= 11 is 1.73. The Labute approximate surface area is 123 Å². The van der Waals surface area contributed by atoms with E-state index in [9.17, 15) is 4.79 Å². The zero-order valence-electron chi connectivity index (χ0n) is 11.7. The van der Waals surface area contributed by atoms with Gasteiger partial charge in [-0.15, -0.1) is 11.8 Å². The number of thioether (sulfide) groups is 1. The van der Waals surface area contributed by atoms with Gasteiger partial charge >= 0.3 is 0 Å². The zero-order chi connectivity index (χ0) is 14.4. The number of amides is 1. The average Bonchev–Trinajstić information content (AvgIpc) is 2.45. The summed E-state index contributed by atoms with van der Waals surface area (Å²) < 4.78 is 0. The number of hydrogen-bond donors (Lipinski definition) is 1. The number of rotatable bonds is 5. The number of carbonyl (C=O) groups excluding carboxylic acids is 1. The van der Waals surface area contributed by atoms with Gasteiger partial charge < -0.3 is 5.32 Å². The standard InChI is InChI=1S/C16H18N2OS/c1-12-6-8-14(9-7-12)20-11-10-17-16(19)15-5-3-4-13(2)18-15/h3-9H,10-11H2,1-2H3,(H,17,19). The first-order chi connectivity index (χ1) is 9.65. The monoisotopic (exact) mass is 286 g/mol. The van der Waals surface area contributed by atoms with Crippen molar-refractivity contribution in [2.24, 2.45) is 0 Å². The Morgan fingerprint density at radius 1 is 1.15 bits per heavy atom. The van der Waals surface area contributed by atoms with Gasteiger partial charge in [0.25, 0.3) is 5.91 Å². The summed E-state index contributed by atoms with van der Waals surface area (Å²) in [5.41, 5.74) is 2.59. The minimum absolute atomic E-state index is 0.113. The van der Waals surface area contributed by atoms with Crippen LogP contribution in [-0.4, -0.2) is 23.2 Å². The molecule has 0 saturated carbocycles. The van der Waals surface area contributed by atoms with Gasteiger partial charge in [0, 0.05) is 22.9 Å². The molecule has 0 aliphatic carbocycles. The minimum Gasteiger partial charge on any atom is -0.350 e. The van der Waals surface area contributed by atoms with E-state index in [4.69, 9.17) is 0 Å². The number of nitrogens with zero attached hydrogens (tertiary/aromatic N) is 1. The second-order valence-electron chi connectivity index (χ2n) is 4.58. The van der Waals surface area contributed by atoms with Gasteiger partial charge in [0.1, 0.15) is 5.69 Å². The van der Waals surface area contributed by atoms with E-state index < -0.39 is 0 Å². The lowest BCUT2D eigenvalue weighted by Gasteiger charge is -2.05. The lowest BCUT2D eigenvalue weighted by molar-refractivity contribution is 0.0951. The third-order valence-corrected chi connectivity index (χ3v) is 3.81. The molecule has 0 atom stereocenters. The highest BCUT2D eigenvalue weighted by molar-refractivity contribution is 7.99. The van der Waals surface area contributed by atoms with Crippen LogP contribution in [-0.2, 0) is 0 Å². The third kappa shape index (κ3) is 4.38. The summed E-state index contributed by atoms with van der Waals surface area (Å²) in [6.07, 6.45) is 0. The smallest absolute Gasteiger partial charge is 0.269 e. The molecule has 3 nitrogen and oxygen atoms in total. The quantitative estimate of drug-likeness (QED) is 0.678. The molecule has 0 aliphatic heterocycles. The fourth-order valence-corrected chi connectivity index (χ4v) is 2.50. The molecule has 0 saturated heterocycles. The molecule has 0 spiro atoms. The molecule has 104 valence electrons. The molecule has 2 rings (SSSR count). The van der Waals surface area contributed by atoms with Crippen molar-refractivity contribution in [1.29, 1.82) is 0 Å². The van der Waals surface area contributed by atoms with Gasteiger partial charge in [-0.3, -0.25) is 4.79 Å². The lowest BCUT2D eigenvalue weighted by atomic mass is 10.2. The first-order valence-corrected chi connectivity index (χ1v) is 7.55. The number of carbonyl (C=O) groups is 1. The van der Waals surface area contributed by atoms with Crippen LogP contribution in [0.4, 0.5) is 0 Å². The molecule has 0 unspecified atom stereocenters. The molecular formula is C16H18N2OS. The van der Waals surface area contributed by atoms with Crippen LogP contribution in [0.15, 0.2) is 47.4 Å². The second-order valence-corrected chi connectivity index (χ2v) is 5.75. The minimum atomic E-state index is -0.113. The van der Waals surface area contributed by atoms with Crippen molar-refractivity contribution >= 4 is 17.7 Å². The second kappa shape index (κ2) is 7.10. The van der Waals surface area contributed by atoms with Crippen LogP contribution in [0.25, 0.3) is 0 Å². The van der Waals surface area contributed by atoms with E-state index in [0.717, 1.165) is 11.4 Å². The number of aryl methyl sites for hydroxylation is 2. The first-order valence-electron chi connectivity index (χ1n) is 6.56. The van der Waals surface area contributed by atoms with E-state index >= 15 is 0 Å². The van der Waals surface area contributed by atoms with Gasteiger partial charge in [-0.25, -0.2) is 4.98 Å². The number of pyridine rings is 1. The Bertz CT molecular complexity index is 581. The van der Waals surface area contributed by atoms with Crippen LogP contribution in [0.5, 0.6) is 0 Å². The van der Waals surface area contributed by atoms with E-state index in [1.54, 1.807) is 17.8 Å². The summed E-state index contributed by atoms with van der Waals surface area (Å²) in [6, 6.07) is 13.8. The van der Waals surface area contributed by atoms with Crippen LogP contribution in [0.1, 0.15) is 21.7 Å². The largest absolute Gasteiger partial charge is 0.350 e. The summed E-state index contributed by atoms with van der Waals surface area (Å²) in [7, 11) is 0. The van der Waals surface area contributed by atoms with E-state index in [1.165, 1.54) is 10.5 Å². The highest BCUT2D eigenvalue weighted by Crippen LogP contribution is 2.17. The van der Waals surface area contributed by atoms with E-state index in [2.05, 4.69) is 41.5 Å². The van der Waals surface area contributed by atoms with Gasteiger partial charge in [-0.05, 0) is 38.1 Å². The van der Waals surface area contributed by atoms with Crippen LogP contribution >= 0.6 is 11.8 Å². The lowest BCUT2D eigenvalue weighted by Crippen LogP contribution is -2.26. The van der Waals surface area contributed by atoms with Crippen molar-refractivity contribution in [3.05, 3.63) is 59.4 Å². The van der Waals surface area contributed by atoms with Gasteiger partial charge in [-0.2, -0.15) is 0 Å². The number of benzene rings is 1. The van der Waals surface area contributed by atoms with Crippen LogP contribution in [0, 0.1) is 13.8 Å². The fraction of sp³-hybridized carbons (Fsp3) is 0.250. The van der Waals surface area contributed by atoms with Crippen molar-refractivity contribution in [1.82, 2.24) is 10.3 Å². The molecule has 1 aromatic heterocycles. The summed E-state index contributed by atoms with van der Waals surface area (Å²) in [5.74, 6) is 0.735. The first kappa shape index (κ1) is 14.6. The topological polar surface area (TPSA) is 42.0 Å². The maximum atomic E-state index is 11.9. The van der Waals surface area contributed by atoms with Crippen LogP contribution in [0.2, 0.25) is 0 Å². The summed E-state index contributed by atoms with van der Waals surface area (Å²) in [4.78, 5) is 17.3. The van der Waals surface area contributed by atoms with Gasteiger partial charge in [0.2, 0.25) is 0 Å². The Hall–Kier alpha value is -1.81. The Balaban J connectivity index is 1.76. The summed E-state index contributed by atoms with van der Waals surface area (Å²) in [5, 5.41) is 2.89. The Kier molecular flexibility index (Phi) is 5.18. The number of nitrogens with one attached hydrogen (secondary N) is 1. The molecular weight excluding hydrogens is 268 g/mol. The van der Waals surface area contributed by atoms with Gasteiger partial charge in [0.15, 0.2) is 0 Å². The van der Waals surface area contributed by atoms with E-state index in [1.807, 2.05) is 19.1 Å². The van der Waals surface area contributed by atoms with Crippen LogP contribution < -0.4 is 5.32 Å². The molecule has 0 bridgehead atoms. The van der Waals surface area contributed by atoms with Crippen molar-refractivity contribution in [2.45, 2.75) is 18.7 Å². The Morgan fingerprint density at radius 3 is 2.60 bits per heavy atom. The van der Waals surface area contributed by atoms with Crippen molar-refractivity contribution in [2.75, 3.05) is 12.3 Å².